The van der Waals surface area contributed by atoms with Crippen molar-refractivity contribution in [3.05, 3.63) is 29.8 Å². The largest absolute Gasteiger partial charge is 0.484 e. The molecule has 1 aliphatic carbocycles. The van der Waals surface area contributed by atoms with E-state index in [1.54, 1.807) is 24.3 Å². The van der Waals surface area contributed by atoms with Crippen molar-refractivity contribution in [1.82, 2.24) is 4.90 Å². The Morgan fingerprint density at radius 3 is 2.48 bits per heavy atom. The molecule has 124 valence electrons. The third kappa shape index (κ3) is 3.84. The summed E-state index contributed by atoms with van der Waals surface area (Å²) in [6.45, 7) is 1.60. The summed E-state index contributed by atoms with van der Waals surface area (Å²) < 4.78 is 5.22. The molecular weight excluding hydrogens is 292 g/mol. The number of likely N-dealkylation sites (tertiary alicyclic amines) is 1. The molecule has 2 fully saturated rings. The van der Waals surface area contributed by atoms with Gasteiger partial charge in [0.15, 0.2) is 6.61 Å². The van der Waals surface area contributed by atoms with Gasteiger partial charge in [-0.25, -0.2) is 0 Å². The first kappa shape index (κ1) is 15.8. The fraction of sp³-hybridized carbons (Fsp3) is 0.556. The smallest absolute Gasteiger partial charge is 0.255 e. The molecule has 1 aromatic rings. The maximum atomic E-state index is 12.7. The Morgan fingerprint density at radius 1 is 1.09 bits per heavy atom. The fourth-order valence-electron chi connectivity index (χ4n) is 3.82. The number of rotatable bonds is 4. The van der Waals surface area contributed by atoms with Crippen LogP contribution in [0.2, 0.25) is 0 Å². The molecule has 23 heavy (non-hydrogen) atoms. The maximum absolute atomic E-state index is 12.7. The van der Waals surface area contributed by atoms with Gasteiger partial charge in [-0.05, 0) is 48.9 Å². The summed E-state index contributed by atoms with van der Waals surface area (Å²) in [6.07, 6.45) is 6.38. The number of nitrogens with two attached hydrogens (primary N) is 1. The van der Waals surface area contributed by atoms with E-state index >= 15 is 0 Å². The lowest BCUT2D eigenvalue weighted by atomic mass is 9.75. The first-order valence-corrected chi connectivity index (χ1v) is 8.44. The Bertz CT molecular complexity index is 570. The van der Waals surface area contributed by atoms with Gasteiger partial charge in [-0.15, -0.1) is 0 Å². The molecule has 1 saturated heterocycles. The lowest BCUT2D eigenvalue weighted by Crippen LogP contribution is -2.44. The number of amides is 2. The van der Waals surface area contributed by atoms with Gasteiger partial charge in [-0.1, -0.05) is 19.3 Å². The van der Waals surface area contributed by atoms with Crippen molar-refractivity contribution in [2.24, 2.45) is 17.6 Å². The van der Waals surface area contributed by atoms with Gasteiger partial charge in [0.05, 0.1) is 0 Å². The normalized spacial score (nSPS) is 23.9. The molecule has 1 heterocycles. The van der Waals surface area contributed by atoms with E-state index in [-0.39, 0.29) is 12.5 Å². The van der Waals surface area contributed by atoms with Gasteiger partial charge in [-0.3, -0.25) is 9.59 Å². The van der Waals surface area contributed by atoms with E-state index in [0.717, 1.165) is 25.4 Å². The van der Waals surface area contributed by atoms with Crippen molar-refractivity contribution in [3.8, 4) is 5.75 Å². The highest BCUT2D eigenvalue weighted by molar-refractivity contribution is 5.94. The van der Waals surface area contributed by atoms with Crippen LogP contribution in [-0.4, -0.2) is 36.4 Å². The molecule has 1 aliphatic heterocycles. The van der Waals surface area contributed by atoms with Crippen LogP contribution in [0.1, 0.15) is 42.5 Å². The zero-order valence-electron chi connectivity index (χ0n) is 13.4. The van der Waals surface area contributed by atoms with Crippen molar-refractivity contribution in [3.63, 3.8) is 0 Å². The van der Waals surface area contributed by atoms with Crippen LogP contribution in [0.5, 0.6) is 5.75 Å². The number of nitrogens with zero attached hydrogens (tertiary/aromatic N) is 1. The minimum atomic E-state index is -0.513. The Kier molecular flexibility index (Phi) is 4.84. The van der Waals surface area contributed by atoms with Gasteiger partial charge in [-0.2, -0.15) is 0 Å². The van der Waals surface area contributed by atoms with Gasteiger partial charge in [0, 0.05) is 18.7 Å². The summed E-state index contributed by atoms with van der Waals surface area (Å²) in [5.74, 6) is 1.62. The van der Waals surface area contributed by atoms with Crippen molar-refractivity contribution in [1.29, 1.82) is 0 Å². The lowest BCUT2D eigenvalue weighted by molar-refractivity contribution is -0.119. The topological polar surface area (TPSA) is 72.6 Å². The van der Waals surface area contributed by atoms with E-state index in [0.29, 0.717) is 17.2 Å². The molecule has 2 atom stereocenters. The number of carbonyl (C=O) groups is 2. The van der Waals surface area contributed by atoms with E-state index < -0.39 is 5.91 Å². The average Bonchev–Trinajstić information content (AvgIpc) is 2.59. The van der Waals surface area contributed by atoms with Crippen LogP contribution in [0.15, 0.2) is 24.3 Å². The second kappa shape index (κ2) is 7.02. The quantitative estimate of drug-likeness (QED) is 0.925. The summed E-state index contributed by atoms with van der Waals surface area (Å²) in [7, 11) is 0. The van der Waals surface area contributed by atoms with Crippen LogP contribution in [0, 0.1) is 11.8 Å². The third-order valence-electron chi connectivity index (χ3n) is 5.06. The Labute approximate surface area is 136 Å². The molecule has 0 bridgehead atoms. The van der Waals surface area contributed by atoms with E-state index in [1.165, 1.54) is 25.7 Å². The van der Waals surface area contributed by atoms with Crippen molar-refractivity contribution < 1.29 is 14.3 Å². The van der Waals surface area contributed by atoms with E-state index in [4.69, 9.17) is 10.5 Å². The van der Waals surface area contributed by atoms with Crippen molar-refractivity contribution in [2.45, 2.75) is 32.1 Å². The summed E-state index contributed by atoms with van der Waals surface area (Å²) in [4.78, 5) is 25.4. The Hall–Kier alpha value is -2.04. The molecule has 5 heteroatoms. The van der Waals surface area contributed by atoms with E-state index in [2.05, 4.69) is 0 Å². The van der Waals surface area contributed by atoms with Crippen LogP contribution in [0.4, 0.5) is 0 Å². The Balaban J connectivity index is 1.60. The zero-order chi connectivity index (χ0) is 16.2. The van der Waals surface area contributed by atoms with Crippen molar-refractivity contribution >= 4 is 11.8 Å². The van der Waals surface area contributed by atoms with Crippen molar-refractivity contribution in [2.75, 3.05) is 19.7 Å². The molecular formula is C18H24N2O3. The minimum Gasteiger partial charge on any atom is -0.484 e. The number of piperidine rings is 1. The van der Waals surface area contributed by atoms with Crippen LogP contribution in [0.3, 0.4) is 0 Å². The van der Waals surface area contributed by atoms with E-state index in [9.17, 15) is 9.59 Å². The zero-order valence-corrected chi connectivity index (χ0v) is 13.4. The highest BCUT2D eigenvalue weighted by Crippen LogP contribution is 2.36. The molecule has 0 aromatic heterocycles. The number of carbonyl (C=O) groups excluding carboxylic acids is 2. The SMILES string of the molecule is NC(=O)COc1ccc(C(=O)N2CC[C@@H]3CCCC[C@H]3C2)cc1. The summed E-state index contributed by atoms with van der Waals surface area (Å²) >= 11 is 0. The predicted octanol–water partition coefficient (Wildman–Crippen LogP) is 2.20. The molecule has 3 rings (SSSR count). The highest BCUT2D eigenvalue weighted by Gasteiger charge is 2.33. The van der Waals surface area contributed by atoms with Gasteiger partial charge in [0.25, 0.3) is 11.8 Å². The molecule has 2 amide bonds. The molecule has 1 aromatic carbocycles. The highest BCUT2D eigenvalue weighted by atomic mass is 16.5. The van der Waals surface area contributed by atoms with Gasteiger partial charge >= 0.3 is 0 Å². The number of primary amides is 1. The van der Waals surface area contributed by atoms with E-state index in [1.807, 2.05) is 4.90 Å². The molecule has 5 nitrogen and oxygen atoms in total. The Morgan fingerprint density at radius 2 is 1.78 bits per heavy atom. The lowest BCUT2D eigenvalue weighted by Gasteiger charge is -2.41. The predicted molar refractivity (Wildman–Crippen MR) is 87.1 cm³/mol. The number of ether oxygens (including phenoxy) is 1. The number of hydrogen-bond donors (Lipinski definition) is 1. The molecule has 1 saturated carbocycles. The maximum Gasteiger partial charge on any atom is 0.255 e. The van der Waals surface area contributed by atoms with Gasteiger partial charge in [0.1, 0.15) is 5.75 Å². The fourth-order valence-corrected chi connectivity index (χ4v) is 3.82. The van der Waals surface area contributed by atoms with Gasteiger partial charge < -0.3 is 15.4 Å². The van der Waals surface area contributed by atoms with Gasteiger partial charge in [0.2, 0.25) is 0 Å². The van der Waals surface area contributed by atoms with Crippen LogP contribution >= 0.6 is 0 Å². The number of fused-ring (bicyclic) bond motifs is 1. The second-order valence-electron chi connectivity index (χ2n) is 6.62. The average molecular weight is 316 g/mol. The monoisotopic (exact) mass is 316 g/mol. The minimum absolute atomic E-state index is 0.0930. The number of benzene rings is 1. The standard InChI is InChI=1S/C18H24N2O3/c19-17(21)12-23-16-7-5-14(6-8-16)18(22)20-10-9-13-3-1-2-4-15(13)11-20/h5-8,13,15H,1-4,9-12H2,(H2,19,21)/t13-,15-/m0/s1. The van der Waals surface area contributed by atoms with Crippen LogP contribution in [0.25, 0.3) is 0 Å². The summed E-state index contributed by atoms with van der Waals surface area (Å²) in [6, 6.07) is 6.93. The second-order valence-corrected chi connectivity index (χ2v) is 6.62. The molecule has 2 N–H and O–H groups in total. The third-order valence-corrected chi connectivity index (χ3v) is 5.06. The molecule has 2 aliphatic rings. The first-order valence-electron chi connectivity index (χ1n) is 8.44. The van der Waals surface area contributed by atoms with Crippen LogP contribution < -0.4 is 10.5 Å². The molecule has 0 radical (unpaired) electrons. The first-order chi connectivity index (χ1) is 11.1. The summed E-state index contributed by atoms with van der Waals surface area (Å²) in [5, 5.41) is 0. The summed E-state index contributed by atoms with van der Waals surface area (Å²) in [5.41, 5.74) is 5.72. The molecule has 0 unspecified atom stereocenters. The molecule has 0 spiro atoms. The number of hydrogen-bond acceptors (Lipinski definition) is 3. The van der Waals surface area contributed by atoms with Crippen LogP contribution in [-0.2, 0) is 4.79 Å².